The normalized spacial score (nSPS) is 15.4. The minimum atomic E-state index is -4.75. The molecule has 1 N–H and O–H groups in total. The summed E-state index contributed by atoms with van der Waals surface area (Å²) in [7, 11) is 0. The number of aromatic nitrogens is 3. The van der Waals surface area contributed by atoms with Crippen LogP contribution in [0.25, 0.3) is 17.1 Å². The molecule has 1 atom stereocenters. The summed E-state index contributed by atoms with van der Waals surface area (Å²) in [5, 5.41) is 8.12. The number of benzene rings is 3. The van der Waals surface area contributed by atoms with Crippen LogP contribution in [-0.4, -0.2) is 51.2 Å². The fourth-order valence-electron chi connectivity index (χ4n) is 4.71. The van der Waals surface area contributed by atoms with Crippen LogP contribution >= 0.6 is 11.8 Å². The predicted molar refractivity (Wildman–Crippen MR) is 163 cm³/mol. The van der Waals surface area contributed by atoms with Crippen LogP contribution in [0.5, 0.6) is 5.75 Å². The smallest absolute Gasteiger partial charge is 0.406 e. The summed E-state index contributed by atoms with van der Waals surface area (Å²) in [4.78, 5) is 23.7. The van der Waals surface area contributed by atoms with Gasteiger partial charge in [-0.15, -0.1) is 18.3 Å². The van der Waals surface area contributed by atoms with Gasteiger partial charge in [0.15, 0.2) is 11.0 Å². The van der Waals surface area contributed by atoms with Gasteiger partial charge in [-0.3, -0.25) is 0 Å². The number of halogens is 3. The molecule has 0 spiro atoms. The van der Waals surface area contributed by atoms with Crippen molar-refractivity contribution in [2.45, 2.75) is 39.0 Å². The highest BCUT2D eigenvalue weighted by atomic mass is 32.2. The maximum atomic E-state index is 12.8. The molecule has 2 amide bonds. The van der Waals surface area contributed by atoms with Crippen molar-refractivity contribution < 1.29 is 22.7 Å². The van der Waals surface area contributed by atoms with Crippen molar-refractivity contribution in [1.29, 1.82) is 0 Å². The molecule has 1 aliphatic heterocycles. The lowest BCUT2D eigenvalue weighted by Gasteiger charge is -2.31. The summed E-state index contributed by atoms with van der Waals surface area (Å²) >= 11 is 1.60. The lowest BCUT2D eigenvalue weighted by atomic mass is 10.00. The van der Waals surface area contributed by atoms with Gasteiger partial charge in [-0.25, -0.2) is 14.5 Å². The molecule has 1 fully saturated rings. The van der Waals surface area contributed by atoms with Crippen molar-refractivity contribution >= 4 is 28.6 Å². The van der Waals surface area contributed by atoms with E-state index in [0.717, 1.165) is 47.1 Å². The Balaban J connectivity index is 1.18. The van der Waals surface area contributed by atoms with Crippen molar-refractivity contribution in [2.24, 2.45) is 4.99 Å². The second kappa shape index (κ2) is 13.3. The second-order valence-electron chi connectivity index (χ2n) is 9.99. The van der Waals surface area contributed by atoms with E-state index in [2.05, 4.69) is 49.1 Å². The SMILES string of the molecule is CCc1ccccc1N1CCCSC1=NC(=O)NCC(C)c1ccc(-c2ncn(-c3ccc(OC(F)(F)F)cc3)n2)cc1. The Hall–Kier alpha value is -4.32. The first-order chi connectivity index (χ1) is 20.7. The Bertz CT molecular complexity index is 1570. The maximum Gasteiger partial charge on any atom is 0.573 e. The first-order valence-electron chi connectivity index (χ1n) is 13.9. The number of hydrogen-bond donors (Lipinski definition) is 1. The number of amides is 2. The van der Waals surface area contributed by atoms with Gasteiger partial charge in [-0.05, 0) is 60.2 Å². The molecule has 1 unspecified atom stereocenters. The van der Waals surface area contributed by atoms with E-state index in [-0.39, 0.29) is 17.7 Å². The molecular formula is C31H31F3N6O2S. The van der Waals surface area contributed by atoms with Gasteiger partial charge < -0.3 is 15.0 Å². The fourth-order valence-corrected chi connectivity index (χ4v) is 5.66. The average molecular weight is 609 g/mol. The van der Waals surface area contributed by atoms with Gasteiger partial charge in [-0.2, -0.15) is 4.99 Å². The number of carbonyl (C=O) groups excluding carboxylic acids is 1. The van der Waals surface area contributed by atoms with Crippen LogP contribution in [0, 0.1) is 0 Å². The summed E-state index contributed by atoms with van der Waals surface area (Å²) < 4.78 is 42.6. The van der Waals surface area contributed by atoms with Crippen LogP contribution in [0.1, 0.15) is 37.3 Å². The number of amidine groups is 1. The molecule has 5 rings (SSSR count). The van der Waals surface area contributed by atoms with Crippen LogP contribution in [0.15, 0.2) is 84.1 Å². The van der Waals surface area contributed by atoms with E-state index in [1.54, 1.807) is 11.8 Å². The third-order valence-electron chi connectivity index (χ3n) is 6.97. The van der Waals surface area contributed by atoms with E-state index in [0.29, 0.717) is 18.1 Å². The summed E-state index contributed by atoms with van der Waals surface area (Å²) in [5.74, 6) is 1.13. The topological polar surface area (TPSA) is 84.6 Å². The molecule has 12 heteroatoms. The number of carbonyl (C=O) groups is 1. The van der Waals surface area contributed by atoms with Crippen molar-refractivity contribution in [3.63, 3.8) is 0 Å². The maximum absolute atomic E-state index is 12.8. The molecule has 3 aromatic carbocycles. The molecule has 224 valence electrons. The van der Waals surface area contributed by atoms with Crippen LogP contribution in [0.3, 0.4) is 0 Å². The van der Waals surface area contributed by atoms with Gasteiger partial charge in [0, 0.05) is 30.1 Å². The third kappa shape index (κ3) is 7.75. The lowest BCUT2D eigenvalue weighted by Crippen LogP contribution is -2.36. The fraction of sp³-hybridized carbons (Fsp3) is 0.290. The number of thioether (sulfide) groups is 1. The summed E-state index contributed by atoms with van der Waals surface area (Å²) in [5.41, 5.74) is 4.68. The zero-order valence-corrected chi connectivity index (χ0v) is 24.5. The van der Waals surface area contributed by atoms with Gasteiger partial charge in [0.2, 0.25) is 0 Å². The number of rotatable bonds is 8. The summed E-state index contributed by atoms with van der Waals surface area (Å²) in [6.45, 7) is 5.40. The molecule has 0 aliphatic carbocycles. The Morgan fingerprint density at radius 1 is 1.09 bits per heavy atom. The number of aryl methyl sites for hydroxylation is 1. The molecular weight excluding hydrogens is 577 g/mol. The van der Waals surface area contributed by atoms with Gasteiger partial charge in [-0.1, -0.05) is 68.1 Å². The zero-order chi connectivity index (χ0) is 30.4. The Labute approximate surface area is 252 Å². The monoisotopic (exact) mass is 608 g/mol. The number of nitrogens with zero attached hydrogens (tertiary/aromatic N) is 5. The first-order valence-corrected chi connectivity index (χ1v) is 14.9. The van der Waals surface area contributed by atoms with Crippen molar-refractivity contribution in [1.82, 2.24) is 20.1 Å². The van der Waals surface area contributed by atoms with Gasteiger partial charge in [0.1, 0.15) is 12.1 Å². The Morgan fingerprint density at radius 3 is 2.56 bits per heavy atom. The minimum Gasteiger partial charge on any atom is -0.406 e. The standard InChI is InChI=1S/C31H31F3N6O2S/c1-3-22-7-4-5-8-27(22)39-17-6-18-43-30(39)37-29(41)35-19-21(2)23-9-11-24(12-10-23)28-36-20-40(38-28)25-13-15-26(16-14-25)42-31(32,33)34/h4-5,7-16,20-21H,3,6,17-19H2,1-2H3,(H,35,41). The predicted octanol–water partition coefficient (Wildman–Crippen LogP) is 7.21. The number of anilines is 1. The van der Waals surface area contributed by atoms with E-state index in [9.17, 15) is 18.0 Å². The van der Waals surface area contributed by atoms with E-state index >= 15 is 0 Å². The second-order valence-corrected chi connectivity index (χ2v) is 11.1. The number of para-hydroxylation sites is 1. The molecule has 0 radical (unpaired) electrons. The van der Waals surface area contributed by atoms with Gasteiger partial charge in [0.05, 0.1) is 5.69 Å². The highest BCUT2D eigenvalue weighted by molar-refractivity contribution is 8.14. The average Bonchev–Trinajstić information content (AvgIpc) is 3.50. The zero-order valence-electron chi connectivity index (χ0n) is 23.7. The quantitative estimate of drug-likeness (QED) is 0.228. The van der Waals surface area contributed by atoms with Crippen LogP contribution in [-0.2, 0) is 6.42 Å². The number of alkyl halides is 3. The first kappa shape index (κ1) is 30.1. The van der Waals surface area contributed by atoms with Gasteiger partial charge in [0.25, 0.3) is 0 Å². The highest BCUT2D eigenvalue weighted by Crippen LogP contribution is 2.29. The number of aliphatic imine (C=N–C) groups is 1. The minimum absolute atomic E-state index is 0.0390. The van der Waals surface area contributed by atoms with Crippen LogP contribution < -0.4 is 15.0 Å². The van der Waals surface area contributed by atoms with Crippen molar-refractivity contribution in [2.75, 3.05) is 23.7 Å². The molecule has 1 aliphatic rings. The molecule has 1 saturated heterocycles. The summed E-state index contributed by atoms with van der Waals surface area (Å²) in [6, 6.07) is 21.0. The van der Waals surface area contributed by atoms with Gasteiger partial charge >= 0.3 is 12.4 Å². The van der Waals surface area contributed by atoms with E-state index in [1.807, 2.05) is 43.3 Å². The van der Waals surface area contributed by atoms with Crippen molar-refractivity contribution in [3.8, 4) is 22.8 Å². The Morgan fingerprint density at radius 2 is 1.84 bits per heavy atom. The Kier molecular flexibility index (Phi) is 9.34. The molecule has 8 nitrogen and oxygen atoms in total. The molecule has 43 heavy (non-hydrogen) atoms. The van der Waals surface area contributed by atoms with E-state index < -0.39 is 6.36 Å². The highest BCUT2D eigenvalue weighted by Gasteiger charge is 2.31. The van der Waals surface area contributed by atoms with E-state index in [1.165, 1.54) is 40.8 Å². The number of hydrogen-bond acceptors (Lipinski definition) is 5. The molecule has 2 heterocycles. The lowest BCUT2D eigenvalue weighted by molar-refractivity contribution is -0.274. The molecule has 1 aromatic heterocycles. The third-order valence-corrected chi connectivity index (χ3v) is 8.04. The largest absolute Gasteiger partial charge is 0.573 e. The summed E-state index contributed by atoms with van der Waals surface area (Å²) in [6.07, 6.45) is -1.32. The van der Waals surface area contributed by atoms with Crippen molar-refractivity contribution in [3.05, 3.63) is 90.3 Å². The number of nitrogens with one attached hydrogen (secondary N) is 1. The number of urea groups is 1. The number of ether oxygens (including phenoxy) is 1. The molecule has 4 aromatic rings. The van der Waals surface area contributed by atoms with Crippen LogP contribution in [0.4, 0.5) is 23.7 Å². The van der Waals surface area contributed by atoms with E-state index in [4.69, 9.17) is 0 Å². The van der Waals surface area contributed by atoms with Crippen LogP contribution in [0.2, 0.25) is 0 Å². The molecule has 0 bridgehead atoms. The molecule has 0 saturated carbocycles.